The topological polar surface area (TPSA) is 51.2 Å². The summed E-state index contributed by atoms with van der Waals surface area (Å²) in [6.07, 6.45) is 0.330. The number of anilines is 1. The zero-order valence-electron chi connectivity index (χ0n) is 12.9. The number of methoxy groups -OCH3 is 1. The van der Waals surface area contributed by atoms with Gasteiger partial charge in [0.1, 0.15) is 5.75 Å². The molecule has 0 bridgehead atoms. The first kappa shape index (κ1) is 15.0. The third-order valence-corrected chi connectivity index (χ3v) is 3.31. The number of nitrogens with one attached hydrogen (secondary N) is 1. The Balaban J connectivity index is 2.08. The van der Waals surface area contributed by atoms with E-state index in [1.165, 1.54) is 0 Å². The van der Waals surface area contributed by atoms with Gasteiger partial charge in [-0.3, -0.25) is 9.78 Å². The van der Waals surface area contributed by atoms with Gasteiger partial charge in [0.25, 0.3) is 0 Å². The average molecular weight is 284 g/mol. The molecule has 21 heavy (non-hydrogen) atoms. The van der Waals surface area contributed by atoms with Crippen LogP contribution in [-0.4, -0.2) is 18.0 Å². The first-order valence-corrected chi connectivity index (χ1v) is 6.87. The van der Waals surface area contributed by atoms with Gasteiger partial charge in [-0.15, -0.1) is 0 Å². The summed E-state index contributed by atoms with van der Waals surface area (Å²) in [4.78, 5) is 16.5. The van der Waals surface area contributed by atoms with E-state index in [0.717, 1.165) is 34.0 Å². The molecule has 1 aromatic carbocycles. The Morgan fingerprint density at radius 3 is 2.43 bits per heavy atom. The minimum Gasteiger partial charge on any atom is -0.497 e. The van der Waals surface area contributed by atoms with Crippen molar-refractivity contribution in [2.75, 3.05) is 12.4 Å². The van der Waals surface area contributed by atoms with Gasteiger partial charge in [0, 0.05) is 5.69 Å². The van der Waals surface area contributed by atoms with E-state index in [4.69, 9.17) is 4.74 Å². The van der Waals surface area contributed by atoms with Gasteiger partial charge in [0.15, 0.2) is 0 Å². The number of hydrogen-bond donors (Lipinski definition) is 1. The molecule has 110 valence electrons. The molecular formula is C17H20N2O2. The highest BCUT2D eigenvalue weighted by molar-refractivity contribution is 5.93. The molecule has 0 aliphatic heterocycles. The highest BCUT2D eigenvalue weighted by Gasteiger charge is 2.10. The van der Waals surface area contributed by atoms with Crippen molar-refractivity contribution >= 4 is 11.6 Å². The van der Waals surface area contributed by atoms with Crippen LogP contribution in [0.2, 0.25) is 0 Å². The number of ether oxygens (including phenoxy) is 1. The number of nitrogens with zero attached hydrogens (tertiary/aromatic N) is 1. The molecule has 1 amide bonds. The van der Waals surface area contributed by atoms with Gasteiger partial charge in [-0.25, -0.2) is 0 Å². The molecule has 2 aromatic rings. The van der Waals surface area contributed by atoms with Gasteiger partial charge in [-0.2, -0.15) is 0 Å². The molecule has 1 N–H and O–H groups in total. The van der Waals surface area contributed by atoms with Crippen molar-refractivity contribution in [1.29, 1.82) is 0 Å². The van der Waals surface area contributed by atoms with E-state index in [-0.39, 0.29) is 5.91 Å². The molecule has 0 fully saturated rings. The predicted octanol–water partition coefficient (Wildman–Crippen LogP) is 3.20. The monoisotopic (exact) mass is 284 g/mol. The number of hydrogen-bond acceptors (Lipinski definition) is 3. The predicted molar refractivity (Wildman–Crippen MR) is 83.8 cm³/mol. The highest BCUT2D eigenvalue weighted by Crippen LogP contribution is 2.19. The van der Waals surface area contributed by atoms with E-state index in [1.807, 2.05) is 51.1 Å². The van der Waals surface area contributed by atoms with Crippen molar-refractivity contribution in [3.8, 4) is 5.75 Å². The molecule has 4 nitrogen and oxygen atoms in total. The van der Waals surface area contributed by atoms with Crippen LogP contribution in [0.5, 0.6) is 5.75 Å². The number of aromatic nitrogens is 1. The van der Waals surface area contributed by atoms with Crippen LogP contribution in [0.4, 0.5) is 5.69 Å². The third kappa shape index (κ3) is 3.81. The normalized spacial score (nSPS) is 10.3. The summed E-state index contributed by atoms with van der Waals surface area (Å²) in [5.74, 6) is 0.741. The van der Waals surface area contributed by atoms with E-state index < -0.39 is 0 Å². The van der Waals surface area contributed by atoms with E-state index in [2.05, 4.69) is 10.3 Å². The first-order valence-electron chi connectivity index (χ1n) is 6.87. The van der Waals surface area contributed by atoms with Gasteiger partial charge in [-0.1, -0.05) is 12.1 Å². The third-order valence-electron chi connectivity index (χ3n) is 3.31. The van der Waals surface area contributed by atoms with Gasteiger partial charge in [0.2, 0.25) is 5.91 Å². The number of carbonyl (C=O) groups is 1. The van der Waals surface area contributed by atoms with Crippen molar-refractivity contribution in [3.63, 3.8) is 0 Å². The number of pyridine rings is 1. The second kappa shape index (κ2) is 6.39. The van der Waals surface area contributed by atoms with Crippen molar-refractivity contribution in [3.05, 3.63) is 52.8 Å². The highest BCUT2D eigenvalue weighted by atomic mass is 16.5. The van der Waals surface area contributed by atoms with E-state index in [0.29, 0.717) is 6.42 Å². The second-order valence-corrected chi connectivity index (χ2v) is 5.11. The number of carbonyl (C=O) groups excluding carboxylic acids is 1. The SMILES string of the molecule is COc1ccc(CC(=O)Nc2c(C)cc(C)nc2C)cc1. The van der Waals surface area contributed by atoms with Crippen molar-refractivity contribution in [2.45, 2.75) is 27.2 Å². The van der Waals surface area contributed by atoms with Crippen LogP contribution < -0.4 is 10.1 Å². The molecule has 1 aromatic heterocycles. The summed E-state index contributed by atoms with van der Waals surface area (Å²) in [5.41, 5.74) is 4.58. The van der Waals surface area contributed by atoms with Crippen molar-refractivity contribution in [1.82, 2.24) is 4.98 Å². The Kier molecular flexibility index (Phi) is 4.58. The number of aryl methyl sites for hydroxylation is 3. The van der Waals surface area contributed by atoms with Crippen LogP contribution in [0.1, 0.15) is 22.5 Å². The Labute approximate surface area is 125 Å². The smallest absolute Gasteiger partial charge is 0.228 e. The lowest BCUT2D eigenvalue weighted by Crippen LogP contribution is -2.16. The lowest BCUT2D eigenvalue weighted by atomic mass is 10.1. The van der Waals surface area contributed by atoms with Crippen LogP contribution in [0.25, 0.3) is 0 Å². The van der Waals surface area contributed by atoms with E-state index >= 15 is 0 Å². The average Bonchev–Trinajstić information content (AvgIpc) is 2.43. The molecule has 0 spiro atoms. The molecule has 0 aliphatic rings. The van der Waals surface area contributed by atoms with Gasteiger partial charge in [0.05, 0.1) is 24.9 Å². The number of amides is 1. The zero-order chi connectivity index (χ0) is 15.4. The van der Waals surface area contributed by atoms with Gasteiger partial charge < -0.3 is 10.1 Å². The van der Waals surface area contributed by atoms with Crippen LogP contribution in [0.3, 0.4) is 0 Å². The lowest BCUT2D eigenvalue weighted by molar-refractivity contribution is -0.115. The number of benzene rings is 1. The Morgan fingerprint density at radius 2 is 1.86 bits per heavy atom. The van der Waals surface area contributed by atoms with Crippen LogP contribution in [0, 0.1) is 20.8 Å². The molecule has 0 aliphatic carbocycles. The van der Waals surface area contributed by atoms with Crippen LogP contribution in [-0.2, 0) is 11.2 Å². The van der Waals surface area contributed by atoms with Gasteiger partial charge >= 0.3 is 0 Å². The minimum atomic E-state index is -0.0444. The Hall–Kier alpha value is -2.36. The van der Waals surface area contributed by atoms with Crippen molar-refractivity contribution in [2.24, 2.45) is 0 Å². The summed E-state index contributed by atoms with van der Waals surface area (Å²) in [7, 11) is 1.62. The number of rotatable bonds is 4. The molecule has 0 saturated heterocycles. The minimum absolute atomic E-state index is 0.0444. The maximum atomic E-state index is 12.2. The summed E-state index contributed by atoms with van der Waals surface area (Å²) < 4.78 is 5.10. The quantitative estimate of drug-likeness (QED) is 0.938. The molecule has 4 heteroatoms. The fourth-order valence-corrected chi connectivity index (χ4v) is 2.32. The first-order chi connectivity index (χ1) is 9.99. The summed E-state index contributed by atoms with van der Waals surface area (Å²) in [6.45, 7) is 5.83. The molecule has 0 atom stereocenters. The molecule has 1 heterocycles. The van der Waals surface area contributed by atoms with E-state index in [1.54, 1.807) is 7.11 Å². The standard InChI is InChI=1S/C17H20N2O2/c1-11-9-12(2)18-13(3)17(11)19-16(20)10-14-5-7-15(21-4)8-6-14/h5-9H,10H2,1-4H3,(H,19,20). The Morgan fingerprint density at radius 1 is 1.19 bits per heavy atom. The zero-order valence-corrected chi connectivity index (χ0v) is 12.9. The fraction of sp³-hybridized carbons (Fsp3) is 0.294. The van der Waals surface area contributed by atoms with Crippen LogP contribution >= 0.6 is 0 Å². The lowest BCUT2D eigenvalue weighted by Gasteiger charge is -2.12. The van der Waals surface area contributed by atoms with E-state index in [9.17, 15) is 4.79 Å². The van der Waals surface area contributed by atoms with Crippen LogP contribution in [0.15, 0.2) is 30.3 Å². The Bertz CT molecular complexity index is 625. The molecule has 2 rings (SSSR count). The maximum Gasteiger partial charge on any atom is 0.228 e. The summed E-state index contributed by atoms with van der Waals surface area (Å²) in [6, 6.07) is 9.46. The fourth-order valence-electron chi connectivity index (χ4n) is 2.32. The molecule has 0 saturated carbocycles. The molecular weight excluding hydrogens is 264 g/mol. The maximum absolute atomic E-state index is 12.2. The largest absolute Gasteiger partial charge is 0.497 e. The molecule has 0 radical (unpaired) electrons. The van der Waals surface area contributed by atoms with Crippen molar-refractivity contribution < 1.29 is 9.53 Å². The summed E-state index contributed by atoms with van der Waals surface area (Å²) >= 11 is 0. The van der Waals surface area contributed by atoms with Gasteiger partial charge in [-0.05, 0) is 50.1 Å². The molecule has 0 unspecified atom stereocenters. The second-order valence-electron chi connectivity index (χ2n) is 5.11. The summed E-state index contributed by atoms with van der Waals surface area (Å²) in [5, 5.41) is 2.95.